The fraction of sp³-hybridized carbons (Fsp3) is 0.630. The van der Waals surface area contributed by atoms with Gasteiger partial charge in [-0.2, -0.15) is 5.06 Å². The zero-order valence-electron chi connectivity index (χ0n) is 21.0. The van der Waals surface area contributed by atoms with Crippen LogP contribution in [-0.2, 0) is 21.0 Å². The second-order valence-electron chi connectivity index (χ2n) is 11.3. The fourth-order valence-corrected chi connectivity index (χ4v) is 10.4. The quantitative estimate of drug-likeness (QED) is 0.275. The third-order valence-corrected chi connectivity index (χ3v) is 11.8. The van der Waals surface area contributed by atoms with Gasteiger partial charge in [0.1, 0.15) is 12.8 Å². The Balaban J connectivity index is 1.58. The van der Waals surface area contributed by atoms with Crippen molar-refractivity contribution >= 4 is 45.5 Å². The maximum absolute atomic E-state index is 17.4. The highest BCUT2D eigenvalue weighted by atomic mass is 127. The summed E-state index contributed by atoms with van der Waals surface area (Å²) < 4.78 is 32.6. The van der Waals surface area contributed by atoms with Crippen molar-refractivity contribution in [1.29, 1.82) is 0 Å². The van der Waals surface area contributed by atoms with Crippen molar-refractivity contribution in [1.82, 2.24) is 5.06 Å². The van der Waals surface area contributed by atoms with E-state index in [0.717, 1.165) is 4.88 Å². The smallest absolute Gasteiger partial charge is 0.193 e. The maximum Gasteiger partial charge on any atom is 0.193 e. The standard InChI is InChI=1S/C27H32F2INO5S/c1-24-7-6-15(33)9-19(24)20(28)10-18-17-11-21(30)27(23(35)14-32,25(17,2)12-22(34)26(18,24)29)36-31(3)13-16-5-4-8-37-16/h4-9,17-18,20-22,32,34H,10-14H2,1-3H3/t17-,18-,20-,21+,22-,24-,25-,26-,27-/m0/s1. The van der Waals surface area contributed by atoms with Gasteiger partial charge >= 0.3 is 0 Å². The van der Waals surface area contributed by atoms with E-state index in [1.807, 2.05) is 24.4 Å². The maximum atomic E-state index is 17.4. The Morgan fingerprint density at radius 1 is 1.32 bits per heavy atom. The highest BCUT2D eigenvalue weighted by Crippen LogP contribution is 2.71. The Morgan fingerprint density at radius 2 is 2.05 bits per heavy atom. The number of allylic oxidation sites excluding steroid dienone is 4. The second kappa shape index (κ2) is 9.26. The van der Waals surface area contributed by atoms with Crippen molar-refractivity contribution in [2.24, 2.45) is 22.7 Å². The number of hydroxylamine groups is 2. The van der Waals surface area contributed by atoms with Gasteiger partial charge in [0.15, 0.2) is 22.8 Å². The summed E-state index contributed by atoms with van der Waals surface area (Å²) in [5.41, 5.74) is -6.28. The molecule has 0 spiro atoms. The molecule has 0 unspecified atom stereocenters. The zero-order valence-corrected chi connectivity index (χ0v) is 24.0. The zero-order chi connectivity index (χ0) is 27.0. The number of ketones is 2. The summed E-state index contributed by atoms with van der Waals surface area (Å²) in [6, 6.07) is 3.87. The van der Waals surface area contributed by atoms with Crippen LogP contribution in [0.25, 0.3) is 0 Å². The van der Waals surface area contributed by atoms with Crippen LogP contribution in [0.2, 0.25) is 0 Å². The summed E-state index contributed by atoms with van der Waals surface area (Å²) in [6.45, 7) is 3.00. The van der Waals surface area contributed by atoms with Crippen LogP contribution < -0.4 is 0 Å². The van der Waals surface area contributed by atoms with Crippen LogP contribution in [0.5, 0.6) is 0 Å². The van der Waals surface area contributed by atoms with Crippen LogP contribution in [0.3, 0.4) is 0 Å². The first-order valence-electron chi connectivity index (χ1n) is 12.5. The van der Waals surface area contributed by atoms with Gasteiger partial charge < -0.3 is 10.2 Å². The summed E-state index contributed by atoms with van der Waals surface area (Å²) >= 11 is 3.68. The van der Waals surface area contributed by atoms with Gasteiger partial charge in [0.2, 0.25) is 0 Å². The third kappa shape index (κ3) is 3.65. The van der Waals surface area contributed by atoms with E-state index < -0.39 is 68.3 Å². The van der Waals surface area contributed by atoms with Gasteiger partial charge in [-0.15, -0.1) is 11.3 Å². The van der Waals surface area contributed by atoms with Crippen LogP contribution in [0.4, 0.5) is 8.78 Å². The summed E-state index contributed by atoms with van der Waals surface area (Å²) in [6.07, 6.45) is 0.779. The number of halogens is 3. The summed E-state index contributed by atoms with van der Waals surface area (Å²) in [5.74, 6) is -2.35. The topological polar surface area (TPSA) is 87.1 Å². The van der Waals surface area contributed by atoms with Crippen molar-refractivity contribution in [2.45, 2.75) is 67.1 Å². The van der Waals surface area contributed by atoms with Crippen LogP contribution in [0.15, 0.2) is 41.3 Å². The molecular formula is C27H32F2INO5S. The summed E-state index contributed by atoms with van der Waals surface area (Å²) in [7, 11) is 1.71. The van der Waals surface area contributed by atoms with Gasteiger partial charge in [-0.25, -0.2) is 8.78 Å². The number of thiophene rings is 1. The van der Waals surface area contributed by atoms with Gasteiger partial charge in [-0.3, -0.25) is 14.4 Å². The van der Waals surface area contributed by atoms with Crippen LogP contribution >= 0.6 is 33.9 Å². The molecule has 37 heavy (non-hydrogen) atoms. The van der Waals surface area contributed by atoms with Gasteiger partial charge in [0.25, 0.3) is 0 Å². The normalized spacial score (nSPS) is 44.8. The monoisotopic (exact) mass is 647 g/mol. The minimum Gasteiger partial charge on any atom is -0.390 e. The van der Waals surface area contributed by atoms with E-state index >= 15 is 8.78 Å². The van der Waals surface area contributed by atoms with E-state index in [2.05, 4.69) is 22.6 Å². The lowest BCUT2D eigenvalue weighted by atomic mass is 9.44. The van der Waals surface area contributed by atoms with E-state index in [1.165, 1.54) is 18.2 Å². The molecule has 3 fully saturated rings. The Bertz CT molecular complexity index is 1160. The number of carbonyl (C=O) groups is 2. The second-order valence-corrected chi connectivity index (χ2v) is 13.9. The Morgan fingerprint density at radius 3 is 2.70 bits per heavy atom. The number of nitrogens with zero attached hydrogens (tertiary/aromatic N) is 1. The third-order valence-electron chi connectivity index (χ3n) is 9.59. The van der Waals surface area contributed by atoms with E-state index in [0.29, 0.717) is 13.0 Å². The first-order valence-corrected chi connectivity index (χ1v) is 14.6. The van der Waals surface area contributed by atoms with E-state index in [1.54, 1.807) is 30.4 Å². The molecule has 6 nitrogen and oxygen atoms in total. The number of hydrogen-bond acceptors (Lipinski definition) is 7. The molecule has 3 saturated carbocycles. The highest BCUT2D eigenvalue weighted by Gasteiger charge is 2.78. The van der Waals surface area contributed by atoms with Gasteiger partial charge in [0, 0.05) is 28.7 Å². The molecule has 0 aromatic carbocycles. The van der Waals surface area contributed by atoms with Crippen LogP contribution in [0.1, 0.15) is 38.0 Å². The van der Waals surface area contributed by atoms with Crippen molar-refractivity contribution in [3.8, 4) is 0 Å². The number of carbonyl (C=O) groups excluding carboxylic acids is 2. The van der Waals surface area contributed by atoms with Gasteiger partial charge in [0.05, 0.1) is 16.6 Å². The van der Waals surface area contributed by atoms with E-state index in [4.69, 9.17) is 4.84 Å². The highest BCUT2D eigenvalue weighted by molar-refractivity contribution is 14.1. The SMILES string of the molecule is CN(Cc1cccs1)O[C@]1(C(=O)CO)[C@H](I)C[C@H]2[C@@H]3C[C@H](F)C4=CC(=O)C=C[C@]4(C)[C@@]3(F)[C@@H](O)C[C@@]21C. The average Bonchev–Trinajstić information content (AvgIpc) is 3.42. The lowest BCUT2D eigenvalue weighted by Gasteiger charge is -2.63. The van der Waals surface area contributed by atoms with Crippen molar-refractivity contribution < 1.29 is 33.4 Å². The molecule has 1 aromatic heterocycles. The van der Waals surface area contributed by atoms with Gasteiger partial charge in [-0.1, -0.05) is 41.7 Å². The number of aliphatic hydroxyl groups excluding tert-OH is 2. The van der Waals surface area contributed by atoms with Crippen molar-refractivity contribution in [2.75, 3.05) is 13.7 Å². The molecule has 5 rings (SSSR count). The number of fused-ring (bicyclic) bond motifs is 5. The van der Waals surface area contributed by atoms with E-state index in [9.17, 15) is 19.8 Å². The van der Waals surface area contributed by atoms with E-state index in [-0.39, 0.29) is 18.4 Å². The van der Waals surface area contributed by atoms with Crippen LogP contribution in [0, 0.1) is 22.7 Å². The van der Waals surface area contributed by atoms with Gasteiger partial charge in [-0.05, 0) is 61.3 Å². The molecule has 1 heterocycles. The molecular weight excluding hydrogens is 615 g/mol. The van der Waals surface area contributed by atoms with Crippen molar-refractivity contribution in [3.05, 3.63) is 46.2 Å². The Kier molecular flexibility index (Phi) is 6.89. The Hall–Kier alpha value is -1.05. The molecule has 4 aliphatic rings. The molecule has 2 N–H and O–H groups in total. The van der Waals surface area contributed by atoms with Crippen LogP contribution in [-0.4, -0.2) is 68.0 Å². The first-order chi connectivity index (χ1) is 17.3. The minimum absolute atomic E-state index is 0.0649. The molecule has 0 aliphatic heterocycles. The number of alkyl halides is 3. The lowest BCUT2D eigenvalue weighted by Crippen LogP contribution is -2.71. The molecule has 4 aliphatic carbocycles. The molecule has 0 bridgehead atoms. The first kappa shape index (κ1) is 27.5. The minimum atomic E-state index is -2.24. The molecule has 0 saturated heterocycles. The Labute approximate surface area is 232 Å². The summed E-state index contributed by atoms with van der Waals surface area (Å²) in [5, 5.41) is 25.1. The fourth-order valence-electron chi connectivity index (χ4n) is 7.88. The average molecular weight is 648 g/mol. The largest absolute Gasteiger partial charge is 0.390 e. The number of hydrogen-bond donors (Lipinski definition) is 2. The molecule has 10 heteroatoms. The molecule has 202 valence electrons. The summed E-state index contributed by atoms with van der Waals surface area (Å²) in [4.78, 5) is 33.1. The molecule has 0 amide bonds. The predicted octanol–water partition coefficient (Wildman–Crippen LogP) is 4.14. The predicted molar refractivity (Wildman–Crippen MR) is 144 cm³/mol. The molecule has 0 radical (unpaired) electrons. The van der Waals surface area contributed by atoms with Crippen molar-refractivity contribution in [3.63, 3.8) is 0 Å². The number of aliphatic hydroxyl groups is 2. The number of Topliss-reactive ketones (excluding diaryl/α,β-unsaturated/α-hetero) is 1. The number of rotatable bonds is 6. The molecule has 9 atom stereocenters. The lowest BCUT2D eigenvalue weighted by molar-refractivity contribution is -0.285. The molecule has 1 aromatic rings.